The second-order valence-corrected chi connectivity index (χ2v) is 14.0. The highest BCUT2D eigenvalue weighted by molar-refractivity contribution is 6.19. The Labute approximate surface area is 317 Å². The van der Waals surface area contributed by atoms with Crippen molar-refractivity contribution in [3.63, 3.8) is 0 Å². The summed E-state index contributed by atoms with van der Waals surface area (Å²) in [6, 6.07) is 65.7. The molecule has 4 nitrogen and oxygen atoms in total. The fourth-order valence-electron chi connectivity index (χ4n) is 8.04. The van der Waals surface area contributed by atoms with Crippen molar-refractivity contribution in [3.8, 4) is 56.4 Å². The first-order valence-corrected chi connectivity index (χ1v) is 18.5. The quantitative estimate of drug-likeness (QED) is 0.179. The molecule has 0 spiro atoms. The van der Waals surface area contributed by atoms with Crippen molar-refractivity contribution in [1.82, 2.24) is 15.0 Å². The van der Waals surface area contributed by atoms with Gasteiger partial charge < -0.3 is 4.42 Å². The van der Waals surface area contributed by atoms with Crippen LogP contribution in [0.4, 0.5) is 0 Å². The van der Waals surface area contributed by atoms with Crippen LogP contribution >= 0.6 is 0 Å². The maximum atomic E-state index is 6.60. The van der Waals surface area contributed by atoms with Crippen LogP contribution in [0.5, 0.6) is 0 Å². The Morgan fingerprint density at radius 1 is 0.291 bits per heavy atom. The first kappa shape index (κ1) is 31.1. The molecule has 55 heavy (non-hydrogen) atoms. The molecule has 2 heterocycles. The highest BCUT2D eigenvalue weighted by atomic mass is 16.3. The van der Waals surface area contributed by atoms with Gasteiger partial charge in [-0.3, -0.25) is 0 Å². The van der Waals surface area contributed by atoms with Gasteiger partial charge in [0.15, 0.2) is 17.5 Å². The third-order valence-electron chi connectivity index (χ3n) is 10.7. The largest absolute Gasteiger partial charge is 0.455 e. The molecule has 0 aliphatic carbocycles. The molecule has 0 N–H and O–H groups in total. The van der Waals surface area contributed by atoms with Crippen LogP contribution in [0.3, 0.4) is 0 Å². The van der Waals surface area contributed by atoms with E-state index in [1.54, 1.807) is 0 Å². The lowest BCUT2D eigenvalue weighted by atomic mass is 9.97. The first-order valence-electron chi connectivity index (χ1n) is 18.5. The van der Waals surface area contributed by atoms with Gasteiger partial charge in [-0.05, 0) is 67.4 Å². The maximum absolute atomic E-state index is 6.60. The molecule has 0 radical (unpaired) electrons. The van der Waals surface area contributed by atoms with Crippen molar-refractivity contribution < 1.29 is 4.42 Å². The molecule has 0 unspecified atom stereocenters. The van der Waals surface area contributed by atoms with Crippen LogP contribution in [0.2, 0.25) is 0 Å². The molecule has 0 bridgehead atoms. The number of fused-ring (bicyclic) bond motifs is 7. The van der Waals surface area contributed by atoms with Gasteiger partial charge in [-0.15, -0.1) is 0 Å². The predicted molar refractivity (Wildman–Crippen MR) is 227 cm³/mol. The van der Waals surface area contributed by atoms with Crippen molar-refractivity contribution in [2.24, 2.45) is 0 Å². The molecule has 4 heteroatoms. The molecular weight excluding hydrogens is 671 g/mol. The van der Waals surface area contributed by atoms with Gasteiger partial charge in [0.05, 0.1) is 0 Å². The lowest BCUT2D eigenvalue weighted by molar-refractivity contribution is 0.673. The molecule has 11 aromatic rings. The minimum Gasteiger partial charge on any atom is -0.455 e. The normalized spacial score (nSPS) is 11.6. The highest BCUT2D eigenvalue weighted by Crippen LogP contribution is 2.41. The minimum atomic E-state index is 0.609. The van der Waals surface area contributed by atoms with E-state index in [1.165, 1.54) is 16.3 Å². The number of benzene rings is 9. The SMILES string of the molecule is c1ccc(-c2ccc3oc4c5ccccc5c(-c5nc(-c6ccc(-c7cccc8ccccc78)cc6)nc(-c6cccc7ccccc67)n5)cc4c3c2)cc1. The summed E-state index contributed by atoms with van der Waals surface area (Å²) in [4.78, 5) is 15.7. The zero-order chi connectivity index (χ0) is 36.3. The molecule has 0 aliphatic heterocycles. The van der Waals surface area contributed by atoms with Crippen molar-refractivity contribution >= 4 is 54.3 Å². The van der Waals surface area contributed by atoms with E-state index in [-0.39, 0.29) is 0 Å². The molecule has 0 saturated carbocycles. The predicted octanol–water partition coefficient (Wildman–Crippen LogP) is 13.6. The van der Waals surface area contributed by atoms with E-state index in [1.807, 2.05) is 6.07 Å². The van der Waals surface area contributed by atoms with Crippen molar-refractivity contribution in [2.45, 2.75) is 0 Å². The molecule has 256 valence electrons. The molecule has 11 rings (SSSR count). The van der Waals surface area contributed by atoms with Crippen LogP contribution in [-0.4, -0.2) is 15.0 Å². The van der Waals surface area contributed by atoms with E-state index in [0.717, 1.165) is 76.9 Å². The first-order chi connectivity index (χ1) is 27.2. The number of hydrogen-bond donors (Lipinski definition) is 0. The van der Waals surface area contributed by atoms with Gasteiger partial charge in [-0.2, -0.15) is 0 Å². The Kier molecular flexibility index (Phi) is 7.14. The Morgan fingerprint density at radius 3 is 1.58 bits per heavy atom. The number of aromatic nitrogens is 3. The van der Waals surface area contributed by atoms with Crippen molar-refractivity contribution in [2.75, 3.05) is 0 Å². The third-order valence-corrected chi connectivity index (χ3v) is 10.7. The van der Waals surface area contributed by atoms with Crippen LogP contribution in [0.15, 0.2) is 192 Å². The van der Waals surface area contributed by atoms with Crippen LogP contribution in [0.25, 0.3) is 111 Å². The van der Waals surface area contributed by atoms with Gasteiger partial charge in [0.1, 0.15) is 11.2 Å². The smallest absolute Gasteiger partial charge is 0.164 e. The van der Waals surface area contributed by atoms with E-state index < -0.39 is 0 Å². The number of rotatable bonds is 5. The minimum absolute atomic E-state index is 0.609. The van der Waals surface area contributed by atoms with Crippen LogP contribution < -0.4 is 0 Å². The van der Waals surface area contributed by atoms with Crippen molar-refractivity contribution in [3.05, 3.63) is 188 Å². The summed E-state index contributed by atoms with van der Waals surface area (Å²) >= 11 is 0. The second kappa shape index (κ2) is 12.6. The molecule has 0 atom stereocenters. The molecule has 0 fully saturated rings. The summed E-state index contributed by atoms with van der Waals surface area (Å²) in [5.41, 5.74) is 9.13. The summed E-state index contributed by atoms with van der Waals surface area (Å²) in [6.07, 6.45) is 0. The standard InChI is InChI=1S/C51H31N3O/c1-2-12-32(13-3-1)37-28-29-47-44(30-37)45-31-46(41-20-8-9-21-42(41)48(45)55-47)51-53-49(52-50(54-51)43-23-11-17-34-15-5-7-19-40(34)43)36-26-24-35(25-27-36)39-22-10-16-33-14-4-6-18-38(33)39/h1-31H. The van der Waals surface area contributed by atoms with Crippen LogP contribution in [0.1, 0.15) is 0 Å². The van der Waals surface area contributed by atoms with Gasteiger partial charge in [-0.25, -0.2) is 15.0 Å². The molecule has 0 aliphatic rings. The summed E-state index contributed by atoms with van der Waals surface area (Å²) in [6.45, 7) is 0. The molecule has 2 aromatic heterocycles. The monoisotopic (exact) mass is 701 g/mol. The van der Waals surface area contributed by atoms with E-state index >= 15 is 0 Å². The summed E-state index contributed by atoms with van der Waals surface area (Å²) < 4.78 is 6.60. The van der Waals surface area contributed by atoms with Crippen molar-refractivity contribution in [1.29, 1.82) is 0 Å². The molecule has 0 amide bonds. The average Bonchev–Trinajstić information content (AvgIpc) is 3.64. The van der Waals surface area contributed by atoms with E-state index in [9.17, 15) is 0 Å². The fraction of sp³-hybridized carbons (Fsp3) is 0. The Hall–Kier alpha value is -7.43. The van der Waals surface area contributed by atoms with Crippen LogP contribution in [-0.2, 0) is 0 Å². The highest BCUT2D eigenvalue weighted by Gasteiger charge is 2.20. The average molecular weight is 702 g/mol. The number of furan rings is 1. The van der Waals surface area contributed by atoms with Gasteiger partial charge in [-0.1, -0.05) is 170 Å². The van der Waals surface area contributed by atoms with E-state index in [4.69, 9.17) is 19.4 Å². The zero-order valence-electron chi connectivity index (χ0n) is 29.6. The number of nitrogens with zero attached hydrogens (tertiary/aromatic N) is 3. The Bertz CT molecular complexity index is 3250. The topological polar surface area (TPSA) is 51.8 Å². The molecular formula is C51H31N3O. The van der Waals surface area contributed by atoms with Gasteiger partial charge >= 0.3 is 0 Å². The van der Waals surface area contributed by atoms with Gasteiger partial charge in [0.25, 0.3) is 0 Å². The van der Waals surface area contributed by atoms with Gasteiger partial charge in [0, 0.05) is 32.8 Å². The third kappa shape index (κ3) is 5.26. The molecule has 0 saturated heterocycles. The van der Waals surface area contributed by atoms with E-state index in [2.05, 4.69) is 182 Å². The lowest BCUT2D eigenvalue weighted by Gasteiger charge is -2.12. The zero-order valence-corrected chi connectivity index (χ0v) is 29.6. The Morgan fingerprint density at radius 2 is 0.836 bits per heavy atom. The van der Waals surface area contributed by atoms with Gasteiger partial charge in [0.2, 0.25) is 0 Å². The number of hydrogen-bond acceptors (Lipinski definition) is 4. The second-order valence-electron chi connectivity index (χ2n) is 14.0. The summed E-state index contributed by atoms with van der Waals surface area (Å²) in [5, 5.41) is 8.78. The van der Waals surface area contributed by atoms with Crippen LogP contribution in [0, 0.1) is 0 Å². The summed E-state index contributed by atoms with van der Waals surface area (Å²) in [5.74, 6) is 1.85. The Balaban J connectivity index is 1.14. The fourth-order valence-corrected chi connectivity index (χ4v) is 8.04. The van der Waals surface area contributed by atoms with E-state index in [0.29, 0.717) is 17.5 Å². The maximum Gasteiger partial charge on any atom is 0.164 e. The lowest BCUT2D eigenvalue weighted by Crippen LogP contribution is -2.01. The molecule has 9 aromatic carbocycles. The summed E-state index contributed by atoms with van der Waals surface area (Å²) in [7, 11) is 0.